The molecule has 6 nitrogen and oxygen atoms in total. The van der Waals surface area contributed by atoms with Crippen LogP contribution in [0.5, 0.6) is 11.5 Å². The summed E-state index contributed by atoms with van der Waals surface area (Å²) >= 11 is 0. The summed E-state index contributed by atoms with van der Waals surface area (Å²) in [5.74, 6) is -0.540. The largest absolute Gasteiger partial charge is 0.506 e. The number of anilines is 2. The lowest BCUT2D eigenvalue weighted by molar-refractivity contribution is -0.118. The van der Waals surface area contributed by atoms with Crippen LogP contribution in [0.1, 0.15) is 63.1 Å². The van der Waals surface area contributed by atoms with Gasteiger partial charge in [0.2, 0.25) is 0 Å². The van der Waals surface area contributed by atoms with Gasteiger partial charge >= 0.3 is 0 Å². The summed E-state index contributed by atoms with van der Waals surface area (Å²) in [6, 6.07) is 5.78. The number of alkyl halides is 2. The van der Waals surface area contributed by atoms with E-state index >= 15 is 4.39 Å². The third-order valence-corrected chi connectivity index (χ3v) is 7.78. The molecule has 1 atom stereocenters. The van der Waals surface area contributed by atoms with Crippen LogP contribution in [0.15, 0.2) is 30.3 Å². The van der Waals surface area contributed by atoms with E-state index in [-0.39, 0.29) is 22.9 Å². The van der Waals surface area contributed by atoms with Gasteiger partial charge in [-0.2, -0.15) is 0 Å². The molecule has 0 bridgehead atoms. The maximum absolute atomic E-state index is 15.7. The molecule has 0 aromatic heterocycles. The summed E-state index contributed by atoms with van der Waals surface area (Å²) in [5.41, 5.74) is -0.343. The summed E-state index contributed by atoms with van der Waals surface area (Å²) in [6.45, 7) is 4.76. The van der Waals surface area contributed by atoms with Crippen LogP contribution in [-0.4, -0.2) is 44.9 Å². The summed E-state index contributed by atoms with van der Waals surface area (Å²) in [4.78, 5) is 27.2. The number of phenols is 1. The van der Waals surface area contributed by atoms with Crippen molar-refractivity contribution in [2.75, 3.05) is 37.0 Å². The Morgan fingerprint density at radius 2 is 1.81 bits per heavy atom. The highest BCUT2D eigenvalue weighted by molar-refractivity contribution is 5.69. The Balaban J connectivity index is 2.14. The fourth-order valence-electron chi connectivity index (χ4n) is 5.35. The average molecular weight is 521 g/mol. The zero-order valence-electron chi connectivity index (χ0n) is 21.7. The lowest BCUT2D eigenvalue weighted by atomic mass is 9.72. The molecule has 2 aromatic rings. The van der Waals surface area contributed by atoms with Crippen molar-refractivity contribution in [2.45, 2.75) is 52.0 Å². The van der Waals surface area contributed by atoms with E-state index in [0.29, 0.717) is 55.8 Å². The molecule has 1 heterocycles. The van der Waals surface area contributed by atoms with Crippen molar-refractivity contribution in [2.24, 2.45) is 11.3 Å². The number of methoxy groups -OCH3 is 1. The van der Waals surface area contributed by atoms with E-state index in [9.17, 15) is 23.5 Å². The molecule has 0 spiro atoms. The van der Waals surface area contributed by atoms with Gasteiger partial charge in [0.05, 0.1) is 29.9 Å². The number of piperidine rings is 1. The lowest BCUT2D eigenvalue weighted by Gasteiger charge is -2.43. The molecule has 1 aliphatic heterocycles. The van der Waals surface area contributed by atoms with Crippen molar-refractivity contribution in [3.05, 3.63) is 47.3 Å². The second-order valence-electron chi connectivity index (χ2n) is 9.63. The number of nitrogens with zero attached hydrogens (tertiary/aromatic N) is 2. The van der Waals surface area contributed by atoms with Gasteiger partial charge in [-0.3, -0.25) is 0 Å². The average Bonchev–Trinajstić information content (AvgIpc) is 2.91. The molecule has 202 valence electrons. The number of rotatable bonds is 11. The molecule has 1 saturated heterocycles. The quantitative estimate of drug-likeness (QED) is 0.363. The molecule has 9 heteroatoms. The first-order valence-electron chi connectivity index (χ1n) is 12.5. The minimum Gasteiger partial charge on any atom is -0.506 e. The van der Waals surface area contributed by atoms with E-state index in [2.05, 4.69) is 0 Å². The minimum atomic E-state index is -2.75. The van der Waals surface area contributed by atoms with Crippen LogP contribution in [0.3, 0.4) is 0 Å². The summed E-state index contributed by atoms with van der Waals surface area (Å²) in [5, 5.41) is 10.6. The smallest absolute Gasteiger partial charge is 0.263 e. The molecule has 0 amide bonds. The van der Waals surface area contributed by atoms with Crippen molar-refractivity contribution in [3.63, 3.8) is 0 Å². The lowest BCUT2D eigenvalue weighted by Crippen LogP contribution is -2.41. The Morgan fingerprint density at radius 3 is 2.30 bits per heavy atom. The number of hydrogen-bond acceptors (Lipinski definition) is 6. The number of halogens is 3. The molecule has 2 aromatic carbocycles. The minimum absolute atomic E-state index is 0.0371. The summed E-state index contributed by atoms with van der Waals surface area (Å²) < 4.78 is 47.7. The highest BCUT2D eigenvalue weighted by Crippen LogP contribution is 2.49. The van der Waals surface area contributed by atoms with E-state index in [4.69, 9.17) is 4.74 Å². The fraction of sp³-hybridized carbons (Fsp3) is 0.500. The second kappa shape index (κ2) is 11.9. The molecule has 3 rings (SSSR count). The molecule has 1 unspecified atom stereocenters. The van der Waals surface area contributed by atoms with E-state index in [0.717, 1.165) is 18.6 Å². The van der Waals surface area contributed by atoms with Crippen molar-refractivity contribution >= 4 is 23.9 Å². The van der Waals surface area contributed by atoms with Crippen molar-refractivity contribution in [1.29, 1.82) is 0 Å². The molecule has 1 fully saturated rings. The summed E-state index contributed by atoms with van der Waals surface area (Å²) in [7, 11) is 3.10. The Bertz CT molecular complexity index is 1100. The Kier molecular flexibility index (Phi) is 9.10. The normalized spacial score (nSPS) is 15.5. The zero-order valence-corrected chi connectivity index (χ0v) is 21.7. The number of hydrogen-bond donors (Lipinski definition) is 1. The Labute approximate surface area is 216 Å². The zero-order chi connectivity index (χ0) is 27.3. The van der Waals surface area contributed by atoms with Gasteiger partial charge < -0.3 is 29.2 Å². The topological polar surface area (TPSA) is 70.1 Å². The van der Waals surface area contributed by atoms with Gasteiger partial charge in [0.15, 0.2) is 0 Å². The SMILES string of the molecule is CCC(C=O)(CC)C(c1cc(F)c(N2CCC(C=O)CC2)cc1OC)N(C)c1ccc(C(F)F)cc1O. The number of carbonyl (C=O) groups excluding carboxylic acids is 2. The first-order chi connectivity index (χ1) is 17.7. The van der Waals surface area contributed by atoms with Gasteiger partial charge in [-0.1, -0.05) is 19.9 Å². The van der Waals surface area contributed by atoms with Crippen LogP contribution in [0.25, 0.3) is 0 Å². The monoisotopic (exact) mass is 520 g/mol. The van der Waals surface area contributed by atoms with Crippen LogP contribution in [0.2, 0.25) is 0 Å². The van der Waals surface area contributed by atoms with Crippen molar-refractivity contribution in [3.8, 4) is 11.5 Å². The van der Waals surface area contributed by atoms with Crippen molar-refractivity contribution < 1.29 is 32.6 Å². The molecule has 37 heavy (non-hydrogen) atoms. The number of aromatic hydroxyl groups is 1. The van der Waals surface area contributed by atoms with Gasteiger partial charge in [0.1, 0.15) is 29.9 Å². The second-order valence-corrected chi connectivity index (χ2v) is 9.63. The van der Waals surface area contributed by atoms with Gasteiger partial charge in [-0.05, 0) is 43.9 Å². The van der Waals surface area contributed by atoms with E-state index in [1.54, 1.807) is 18.0 Å². The molecule has 0 aliphatic carbocycles. The molecular weight excluding hydrogens is 485 g/mol. The summed E-state index contributed by atoms with van der Waals surface area (Å²) in [6.07, 6.45) is 1.11. The maximum atomic E-state index is 15.7. The third-order valence-electron chi connectivity index (χ3n) is 7.78. The van der Waals surface area contributed by atoms with Crippen LogP contribution < -0.4 is 14.5 Å². The van der Waals surface area contributed by atoms with Crippen molar-refractivity contribution in [1.82, 2.24) is 0 Å². The highest BCUT2D eigenvalue weighted by atomic mass is 19.3. The number of phenolic OH excluding ortho intramolecular Hbond substituents is 1. The predicted octanol–water partition coefficient (Wildman–Crippen LogP) is 6.08. The molecule has 0 saturated carbocycles. The van der Waals surface area contributed by atoms with Crippen LogP contribution >= 0.6 is 0 Å². The third kappa shape index (κ3) is 5.55. The van der Waals surface area contributed by atoms with Gasteiger partial charge in [-0.15, -0.1) is 0 Å². The van der Waals surface area contributed by atoms with Gasteiger partial charge in [0.25, 0.3) is 6.43 Å². The number of carbonyl (C=O) groups is 2. The molecule has 1 N–H and O–H groups in total. The molecule has 0 radical (unpaired) electrons. The Morgan fingerprint density at radius 1 is 1.16 bits per heavy atom. The molecule has 1 aliphatic rings. The highest BCUT2D eigenvalue weighted by Gasteiger charge is 2.42. The van der Waals surface area contributed by atoms with Crippen LogP contribution in [0, 0.1) is 17.2 Å². The number of aldehydes is 2. The van der Waals surface area contributed by atoms with E-state index in [1.807, 2.05) is 18.7 Å². The van der Waals surface area contributed by atoms with E-state index < -0.39 is 23.7 Å². The Hall–Kier alpha value is -3.23. The predicted molar refractivity (Wildman–Crippen MR) is 137 cm³/mol. The van der Waals surface area contributed by atoms with Gasteiger partial charge in [-0.25, -0.2) is 13.2 Å². The standard InChI is InChI=1S/C28H35F3N2O4/c1-5-28(6-2,17-35)26(32(3)22-8-7-19(27(30)31)13-24(22)36)20-14-21(29)23(15-25(20)37-4)33-11-9-18(16-34)10-12-33/h7-8,13-18,26-27,36H,5-6,9-12H2,1-4H3. The molecular formula is C28H35F3N2O4. The van der Waals surface area contributed by atoms with Crippen LogP contribution in [-0.2, 0) is 9.59 Å². The fourth-order valence-corrected chi connectivity index (χ4v) is 5.35. The first kappa shape index (κ1) is 28.3. The number of benzene rings is 2. The van der Waals surface area contributed by atoms with Crippen LogP contribution in [0.4, 0.5) is 24.5 Å². The van der Waals surface area contributed by atoms with E-state index in [1.165, 1.54) is 25.3 Å². The maximum Gasteiger partial charge on any atom is 0.263 e. The first-order valence-corrected chi connectivity index (χ1v) is 12.5. The number of ether oxygens (including phenoxy) is 1. The van der Waals surface area contributed by atoms with Gasteiger partial charge in [0, 0.05) is 43.2 Å².